The summed E-state index contributed by atoms with van der Waals surface area (Å²) in [6.07, 6.45) is 1.57. The molecule has 0 bridgehead atoms. The molecular weight excluding hydrogens is 164 g/mol. The Balaban J connectivity index is 3.54. The van der Waals surface area contributed by atoms with Gasteiger partial charge in [-0.2, -0.15) is 0 Å². The van der Waals surface area contributed by atoms with Crippen LogP contribution in [0.25, 0.3) is 0 Å². The maximum absolute atomic E-state index is 10.5. The molecule has 3 nitrogen and oxygen atoms in total. The molecule has 0 saturated heterocycles. The second-order valence-corrected chi connectivity index (χ2v) is 3.06. The van der Waals surface area contributed by atoms with Gasteiger partial charge in [0.15, 0.2) is 0 Å². The minimum Gasteiger partial charge on any atom is -0.304 e. The molecule has 0 atom stereocenters. The lowest BCUT2D eigenvalue weighted by atomic mass is 10.1. The minimum atomic E-state index is -0.625. The fraction of sp³-hybridized carbons (Fsp3) is 0.700. The lowest BCUT2D eigenvalue weighted by Crippen LogP contribution is -2.24. The highest BCUT2D eigenvalue weighted by Crippen LogP contribution is 2.03. The summed E-state index contributed by atoms with van der Waals surface area (Å²) >= 11 is 0. The highest BCUT2D eigenvalue weighted by atomic mass is 16.1. The van der Waals surface area contributed by atoms with Crippen molar-refractivity contribution in [3.05, 3.63) is 12.2 Å². The number of hydrogen-bond acceptors (Lipinski definition) is 2. The van der Waals surface area contributed by atoms with Gasteiger partial charge in [0.25, 0.3) is 5.91 Å². The molecular formula is C10H19N2O. The van der Waals surface area contributed by atoms with Crippen LogP contribution in [0.3, 0.4) is 0 Å². The molecule has 0 heterocycles. The molecule has 0 rings (SSSR count). The molecule has 0 spiro atoms. The van der Waals surface area contributed by atoms with Crippen molar-refractivity contribution in [2.24, 2.45) is 0 Å². The Bertz CT molecular complexity index is 174. The van der Waals surface area contributed by atoms with E-state index in [1.54, 1.807) is 0 Å². The van der Waals surface area contributed by atoms with Gasteiger partial charge in [-0.25, -0.2) is 0 Å². The van der Waals surface area contributed by atoms with E-state index in [0.29, 0.717) is 12.0 Å². The van der Waals surface area contributed by atoms with E-state index in [4.69, 9.17) is 5.73 Å². The SMILES string of the molecule is C=C(CCCN(CC)CC)C([NH])=O. The highest BCUT2D eigenvalue weighted by Gasteiger charge is 2.03. The third-order valence-corrected chi connectivity index (χ3v) is 2.17. The number of nitrogens with one attached hydrogen (secondary N) is 1. The molecule has 0 saturated carbocycles. The topological polar surface area (TPSA) is 44.1 Å². The number of carbonyl (C=O) groups excluding carboxylic acids is 1. The number of hydrogen-bond donors (Lipinski definition) is 0. The highest BCUT2D eigenvalue weighted by molar-refractivity contribution is 5.90. The van der Waals surface area contributed by atoms with Crippen LogP contribution in [0.1, 0.15) is 26.7 Å². The lowest BCUT2D eigenvalue weighted by molar-refractivity contribution is -0.115. The van der Waals surface area contributed by atoms with E-state index in [2.05, 4.69) is 25.3 Å². The average Bonchev–Trinajstić information content (AvgIpc) is 2.12. The molecule has 0 unspecified atom stereocenters. The molecule has 0 aliphatic heterocycles. The first-order chi connectivity index (χ1) is 6.11. The van der Waals surface area contributed by atoms with Crippen LogP contribution in [-0.4, -0.2) is 30.4 Å². The van der Waals surface area contributed by atoms with Gasteiger partial charge < -0.3 is 4.90 Å². The summed E-state index contributed by atoms with van der Waals surface area (Å²) < 4.78 is 0. The maximum atomic E-state index is 10.5. The van der Waals surface area contributed by atoms with Crippen molar-refractivity contribution in [2.75, 3.05) is 19.6 Å². The van der Waals surface area contributed by atoms with Gasteiger partial charge in [-0.1, -0.05) is 20.4 Å². The largest absolute Gasteiger partial charge is 0.304 e. The van der Waals surface area contributed by atoms with Crippen molar-refractivity contribution in [3.63, 3.8) is 0 Å². The summed E-state index contributed by atoms with van der Waals surface area (Å²) in [5, 5.41) is 0. The second-order valence-electron chi connectivity index (χ2n) is 3.06. The van der Waals surface area contributed by atoms with Crippen molar-refractivity contribution < 1.29 is 4.79 Å². The van der Waals surface area contributed by atoms with E-state index >= 15 is 0 Å². The summed E-state index contributed by atoms with van der Waals surface area (Å²) in [4.78, 5) is 12.8. The number of rotatable bonds is 7. The first-order valence-corrected chi connectivity index (χ1v) is 4.77. The Hall–Kier alpha value is -0.830. The number of amides is 1. The van der Waals surface area contributed by atoms with E-state index < -0.39 is 5.91 Å². The van der Waals surface area contributed by atoms with Crippen LogP contribution in [0.15, 0.2) is 12.2 Å². The first-order valence-electron chi connectivity index (χ1n) is 4.77. The summed E-state index contributed by atoms with van der Waals surface area (Å²) in [6.45, 7) is 10.8. The Morgan fingerprint density at radius 3 is 2.31 bits per heavy atom. The van der Waals surface area contributed by atoms with Gasteiger partial charge >= 0.3 is 0 Å². The molecule has 1 radical (unpaired) electrons. The van der Waals surface area contributed by atoms with Crippen LogP contribution in [0.4, 0.5) is 0 Å². The standard InChI is InChI=1S/C10H19N2O/c1-4-12(5-2)8-6-7-9(3)10(11)13/h11H,3-8H2,1-2H3. The van der Waals surface area contributed by atoms with Gasteiger partial charge in [-0.3, -0.25) is 10.5 Å². The Labute approximate surface area is 80.6 Å². The van der Waals surface area contributed by atoms with Crippen molar-refractivity contribution in [1.29, 1.82) is 0 Å². The predicted octanol–water partition coefficient (Wildman–Crippen LogP) is 1.47. The number of nitrogens with zero attached hydrogens (tertiary/aromatic N) is 1. The van der Waals surface area contributed by atoms with Crippen molar-refractivity contribution in [3.8, 4) is 0 Å². The molecule has 75 valence electrons. The molecule has 1 amide bonds. The van der Waals surface area contributed by atoms with Gasteiger partial charge in [-0.05, 0) is 32.5 Å². The number of carbonyl (C=O) groups is 1. The van der Waals surface area contributed by atoms with Crippen LogP contribution in [-0.2, 0) is 4.79 Å². The molecule has 3 heteroatoms. The minimum absolute atomic E-state index is 0.423. The van der Waals surface area contributed by atoms with Crippen LogP contribution in [0.2, 0.25) is 0 Å². The average molecular weight is 183 g/mol. The van der Waals surface area contributed by atoms with Gasteiger partial charge in [-0.15, -0.1) is 0 Å². The van der Waals surface area contributed by atoms with Gasteiger partial charge in [0.1, 0.15) is 0 Å². The normalized spacial score (nSPS) is 10.4. The summed E-state index contributed by atoms with van der Waals surface area (Å²) in [5.74, 6) is -0.625. The van der Waals surface area contributed by atoms with Crippen LogP contribution in [0, 0.1) is 0 Å². The zero-order valence-corrected chi connectivity index (χ0v) is 8.60. The van der Waals surface area contributed by atoms with Gasteiger partial charge in [0.2, 0.25) is 0 Å². The third-order valence-electron chi connectivity index (χ3n) is 2.17. The summed E-state index contributed by atoms with van der Waals surface area (Å²) in [7, 11) is 0. The monoisotopic (exact) mass is 183 g/mol. The quantitative estimate of drug-likeness (QED) is 0.561. The molecule has 0 aromatic rings. The van der Waals surface area contributed by atoms with Crippen molar-refractivity contribution in [1.82, 2.24) is 10.6 Å². The fourth-order valence-corrected chi connectivity index (χ4v) is 1.17. The van der Waals surface area contributed by atoms with Crippen molar-refractivity contribution >= 4 is 5.91 Å². The first kappa shape index (κ1) is 12.2. The molecule has 0 aliphatic carbocycles. The fourth-order valence-electron chi connectivity index (χ4n) is 1.17. The van der Waals surface area contributed by atoms with Crippen LogP contribution >= 0.6 is 0 Å². The zero-order valence-electron chi connectivity index (χ0n) is 8.60. The summed E-state index contributed by atoms with van der Waals surface area (Å²) in [5.41, 5.74) is 7.23. The van der Waals surface area contributed by atoms with Crippen LogP contribution in [0.5, 0.6) is 0 Å². The molecule has 0 aromatic carbocycles. The predicted molar refractivity (Wildman–Crippen MR) is 54.3 cm³/mol. The van der Waals surface area contributed by atoms with Gasteiger partial charge in [0.05, 0.1) is 0 Å². The Kier molecular flexibility index (Phi) is 6.24. The van der Waals surface area contributed by atoms with E-state index in [9.17, 15) is 4.79 Å². The molecule has 0 aliphatic rings. The van der Waals surface area contributed by atoms with Gasteiger partial charge in [0, 0.05) is 5.57 Å². The van der Waals surface area contributed by atoms with Crippen LogP contribution < -0.4 is 5.73 Å². The molecule has 1 N–H and O–H groups in total. The molecule has 0 fully saturated rings. The van der Waals surface area contributed by atoms with E-state index in [1.807, 2.05) is 0 Å². The smallest absolute Gasteiger partial charge is 0.265 e. The Morgan fingerprint density at radius 1 is 1.38 bits per heavy atom. The lowest BCUT2D eigenvalue weighted by Gasteiger charge is -2.17. The van der Waals surface area contributed by atoms with E-state index in [1.165, 1.54) is 0 Å². The third kappa shape index (κ3) is 5.42. The zero-order chi connectivity index (χ0) is 10.3. The molecule has 13 heavy (non-hydrogen) atoms. The molecule has 0 aromatic heterocycles. The maximum Gasteiger partial charge on any atom is 0.265 e. The van der Waals surface area contributed by atoms with Crippen molar-refractivity contribution in [2.45, 2.75) is 26.7 Å². The van der Waals surface area contributed by atoms with E-state index in [0.717, 1.165) is 26.1 Å². The van der Waals surface area contributed by atoms with E-state index in [-0.39, 0.29) is 0 Å². The summed E-state index contributed by atoms with van der Waals surface area (Å²) in [6, 6.07) is 0. The second kappa shape index (κ2) is 6.66. The Morgan fingerprint density at radius 2 is 1.92 bits per heavy atom.